The van der Waals surface area contributed by atoms with Gasteiger partial charge >= 0.3 is 0 Å². The van der Waals surface area contributed by atoms with Gasteiger partial charge in [0.05, 0.1) is 27.6 Å². The molecule has 2 aromatic carbocycles. The molecule has 2 N–H and O–H groups in total. The van der Waals surface area contributed by atoms with Gasteiger partial charge in [-0.2, -0.15) is 5.26 Å². The largest absolute Gasteiger partial charge is 0.384 e. The van der Waals surface area contributed by atoms with Crippen molar-refractivity contribution in [3.8, 4) is 6.07 Å². The zero-order valence-corrected chi connectivity index (χ0v) is 18.9. The molecule has 0 fully saturated rings. The fraction of sp³-hybridized carbons (Fsp3) is 0.250. The smallest absolute Gasteiger partial charge is 0.162 e. The number of rotatable bonds is 2. The molecule has 0 saturated carbocycles. The van der Waals surface area contributed by atoms with E-state index < -0.39 is 28.7 Å². The van der Waals surface area contributed by atoms with Gasteiger partial charge in [0.15, 0.2) is 5.78 Å². The Hall–Kier alpha value is -2.88. The van der Waals surface area contributed by atoms with E-state index in [1.54, 1.807) is 18.2 Å². The molecule has 32 heavy (non-hydrogen) atoms. The molecule has 1 aliphatic heterocycles. The number of carbonyl (C=O) groups excluding carboxylic acids is 1. The van der Waals surface area contributed by atoms with Gasteiger partial charge in [0.25, 0.3) is 0 Å². The van der Waals surface area contributed by atoms with Crippen LogP contribution in [0.3, 0.4) is 0 Å². The number of anilines is 1. The van der Waals surface area contributed by atoms with Crippen molar-refractivity contribution in [3.63, 3.8) is 0 Å². The average molecular weight is 474 g/mol. The molecule has 4 nitrogen and oxygen atoms in total. The van der Waals surface area contributed by atoms with Crippen molar-refractivity contribution in [1.82, 2.24) is 0 Å². The molecule has 164 valence electrons. The molecule has 1 atom stereocenters. The standard InChI is InChI=1S/C24H19Cl2F2N3O/c1-24(2)9-17-20(18(32)10-24)19(12-5-3-6-14(25)21(12)26)13(11-29)23(30)31(17)22-15(27)7-4-8-16(22)28/h3-8,19H,9-10,30H2,1-2H3. The molecule has 4 rings (SSSR count). The summed E-state index contributed by atoms with van der Waals surface area (Å²) in [6.45, 7) is 3.79. The van der Waals surface area contributed by atoms with Crippen LogP contribution in [0.5, 0.6) is 0 Å². The van der Waals surface area contributed by atoms with Crippen LogP contribution < -0.4 is 10.6 Å². The van der Waals surface area contributed by atoms with Crippen molar-refractivity contribution in [1.29, 1.82) is 5.26 Å². The normalized spacial score (nSPS) is 20.3. The Balaban J connectivity index is 2.09. The summed E-state index contributed by atoms with van der Waals surface area (Å²) in [7, 11) is 0. The van der Waals surface area contributed by atoms with Crippen LogP contribution in [0.2, 0.25) is 10.0 Å². The average Bonchev–Trinajstić information content (AvgIpc) is 2.70. The highest BCUT2D eigenvalue weighted by Crippen LogP contribution is 2.52. The van der Waals surface area contributed by atoms with Crippen LogP contribution >= 0.6 is 23.2 Å². The van der Waals surface area contributed by atoms with Crippen LogP contribution in [0.1, 0.15) is 38.2 Å². The third kappa shape index (κ3) is 3.46. The van der Waals surface area contributed by atoms with Crippen LogP contribution in [0.25, 0.3) is 0 Å². The van der Waals surface area contributed by atoms with Gasteiger partial charge < -0.3 is 5.73 Å². The van der Waals surface area contributed by atoms with Crippen LogP contribution in [0, 0.1) is 28.4 Å². The molecule has 0 bridgehead atoms. The maximum absolute atomic E-state index is 14.8. The summed E-state index contributed by atoms with van der Waals surface area (Å²) in [5, 5.41) is 10.5. The minimum atomic E-state index is -0.893. The number of halogens is 4. The summed E-state index contributed by atoms with van der Waals surface area (Å²) in [6, 6.07) is 10.4. The summed E-state index contributed by atoms with van der Waals surface area (Å²) >= 11 is 12.7. The number of benzene rings is 2. The molecule has 0 radical (unpaired) electrons. The number of nitrogens with two attached hydrogens (primary N) is 1. The van der Waals surface area contributed by atoms with E-state index in [-0.39, 0.29) is 39.2 Å². The Morgan fingerprint density at radius 1 is 1.12 bits per heavy atom. The zero-order chi connectivity index (χ0) is 23.4. The van der Waals surface area contributed by atoms with Crippen LogP contribution in [-0.2, 0) is 4.79 Å². The number of hydrogen-bond donors (Lipinski definition) is 1. The molecular formula is C24H19Cl2F2N3O. The Morgan fingerprint density at radius 2 is 1.75 bits per heavy atom. The number of nitrogens with zero attached hydrogens (tertiary/aromatic N) is 2. The highest BCUT2D eigenvalue weighted by Gasteiger charge is 2.46. The summed E-state index contributed by atoms with van der Waals surface area (Å²) < 4.78 is 29.7. The van der Waals surface area contributed by atoms with Gasteiger partial charge in [0.1, 0.15) is 23.1 Å². The molecule has 2 aliphatic rings. The third-order valence-electron chi connectivity index (χ3n) is 5.83. The van der Waals surface area contributed by atoms with Crippen LogP contribution in [0.4, 0.5) is 14.5 Å². The van der Waals surface area contributed by atoms with Gasteiger partial charge in [-0.25, -0.2) is 8.78 Å². The predicted octanol–water partition coefficient (Wildman–Crippen LogP) is 6.21. The molecule has 1 heterocycles. The Labute approximate surface area is 194 Å². The van der Waals surface area contributed by atoms with E-state index in [2.05, 4.69) is 0 Å². The van der Waals surface area contributed by atoms with E-state index >= 15 is 0 Å². The third-order valence-corrected chi connectivity index (χ3v) is 6.67. The maximum Gasteiger partial charge on any atom is 0.162 e. The summed E-state index contributed by atoms with van der Waals surface area (Å²) in [5.41, 5.74) is 6.50. The van der Waals surface area contributed by atoms with Crippen molar-refractivity contribution in [2.75, 3.05) is 4.90 Å². The second kappa shape index (κ2) is 7.91. The number of para-hydroxylation sites is 1. The van der Waals surface area contributed by atoms with Crippen molar-refractivity contribution < 1.29 is 13.6 Å². The lowest BCUT2D eigenvalue weighted by molar-refractivity contribution is -0.118. The molecule has 8 heteroatoms. The van der Waals surface area contributed by atoms with E-state index in [1.165, 1.54) is 11.0 Å². The first-order chi connectivity index (χ1) is 15.1. The topological polar surface area (TPSA) is 70.1 Å². The lowest BCUT2D eigenvalue weighted by Crippen LogP contribution is -2.42. The van der Waals surface area contributed by atoms with Gasteiger partial charge in [-0.1, -0.05) is 55.2 Å². The lowest BCUT2D eigenvalue weighted by atomic mass is 9.68. The van der Waals surface area contributed by atoms with Crippen molar-refractivity contribution in [2.24, 2.45) is 11.1 Å². The van der Waals surface area contributed by atoms with E-state index in [9.17, 15) is 18.8 Å². The van der Waals surface area contributed by atoms with E-state index in [4.69, 9.17) is 28.9 Å². The summed E-state index contributed by atoms with van der Waals surface area (Å²) in [4.78, 5) is 14.6. The molecular weight excluding hydrogens is 455 g/mol. The van der Waals surface area contributed by atoms with Crippen molar-refractivity contribution >= 4 is 34.7 Å². The Morgan fingerprint density at radius 3 is 2.38 bits per heavy atom. The first kappa shape index (κ1) is 22.3. The minimum Gasteiger partial charge on any atom is -0.384 e. The number of nitriles is 1. The zero-order valence-electron chi connectivity index (χ0n) is 17.3. The molecule has 0 aromatic heterocycles. The first-order valence-corrected chi connectivity index (χ1v) is 10.7. The molecule has 1 aliphatic carbocycles. The van der Waals surface area contributed by atoms with Crippen molar-refractivity contribution in [2.45, 2.75) is 32.6 Å². The van der Waals surface area contributed by atoms with E-state index in [1.807, 2.05) is 19.9 Å². The highest BCUT2D eigenvalue weighted by atomic mass is 35.5. The first-order valence-electron chi connectivity index (χ1n) is 9.91. The predicted molar refractivity (Wildman–Crippen MR) is 120 cm³/mol. The summed E-state index contributed by atoms with van der Waals surface area (Å²) in [6.07, 6.45) is 0.517. The number of Topliss-reactive ketones (excluding diaryl/α,β-unsaturated/α-hetero) is 1. The number of carbonyl (C=O) groups is 1. The van der Waals surface area contributed by atoms with Crippen LogP contribution in [-0.4, -0.2) is 5.78 Å². The van der Waals surface area contributed by atoms with E-state index in [0.717, 1.165) is 12.1 Å². The molecule has 1 unspecified atom stereocenters. The second-order valence-corrected chi connectivity index (χ2v) is 9.48. The Bertz CT molecular complexity index is 1240. The monoisotopic (exact) mass is 473 g/mol. The van der Waals surface area contributed by atoms with Gasteiger partial charge in [-0.05, 0) is 35.6 Å². The number of hydrogen-bond acceptors (Lipinski definition) is 4. The molecule has 0 saturated heterocycles. The van der Waals surface area contributed by atoms with Crippen molar-refractivity contribution in [3.05, 3.63) is 86.3 Å². The highest BCUT2D eigenvalue weighted by molar-refractivity contribution is 6.42. The van der Waals surface area contributed by atoms with Gasteiger partial charge in [0.2, 0.25) is 0 Å². The molecule has 0 amide bonds. The molecule has 2 aromatic rings. The van der Waals surface area contributed by atoms with Gasteiger partial charge in [-0.3, -0.25) is 9.69 Å². The minimum absolute atomic E-state index is 0.0244. The van der Waals surface area contributed by atoms with Crippen LogP contribution in [0.15, 0.2) is 59.1 Å². The number of ketones is 1. The fourth-order valence-corrected chi connectivity index (χ4v) is 4.94. The number of allylic oxidation sites excluding steroid dienone is 3. The SMILES string of the molecule is CC1(C)CC(=O)C2=C(C1)N(c1c(F)cccc1F)C(N)=C(C#N)C2c1cccc(Cl)c1Cl. The maximum atomic E-state index is 14.8. The molecule has 0 spiro atoms. The van der Waals surface area contributed by atoms with Gasteiger partial charge in [-0.15, -0.1) is 0 Å². The lowest BCUT2D eigenvalue weighted by Gasteiger charge is -2.44. The fourth-order valence-electron chi connectivity index (χ4n) is 4.52. The van der Waals surface area contributed by atoms with E-state index in [0.29, 0.717) is 17.7 Å². The summed E-state index contributed by atoms with van der Waals surface area (Å²) in [5.74, 6) is -2.99. The second-order valence-electron chi connectivity index (χ2n) is 8.69. The van der Waals surface area contributed by atoms with Gasteiger partial charge in [0, 0.05) is 17.7 Å². The Kier molecular flexibility index (Phi) is 5.52. The quantitative estimate of drug-likeness (QED) is 0.562.